The largest absolute Gasteiger partial charge is 0.385 e. The number of hydrogen-bond acceptors (Lipinski definition) is 4. The predicted molar refractivity (Wildman–Crippen MR) is 98.8 cm³/mol. The van der Waals surface area contributed by atoms with Gasteiger partial charge >= 0.3 is 0 Å². The summed E-state index contributed by atoms with van der Waals surface area (Å²) in [5.41, 5.74) is 1.43. The summed E-state index contributed by atoms with van der Waals surface area (Å²) in [6, 6.07) is 7.47. The Morgan fingerprint density at radius 3 is 2.52 bits per heavy atom. The van der Waals surface area contributed by atoms with Crippen LogP contribution in [0.2, 0.25) is 0 Å². The maximum atomic E-state index is 12.0. The lowest BCUT2D eigenvalue weighted by Crippen LogP contribution is -2.39. The minimum atomic E-state index is -0.0994. The van der Waals surface area contributed by atoms with E-state index >= 15 is 0 Å². The molecule has 1 fully saturated rings. The van der Waals surface area contributed by atoms with Crippen LogP contribution in [0.3, 0.4) is 0 Å². The minimum Gasteiger partial charge on any atom is -0.385 e. The fourth-order valence-corrected chi connectivity index (χ4v) is 2.97. The van der Waals surface area contributed by atoms with E-state index in [9.17, 15) is 9.59 Å². The fourth-order valence-electron chi connectivity index (χ4n) is 2.97. The molecule has 6 heteroatoms. The van der Waals surface area contributed by atoms with E-state index in [-0.39, 0.29) is 18.4 Å². The molecule has 0 spiro atoms. The highest BCUT2D eigenvalue weighted by atomic mass is 16.5. The molecule has 6 nitrogen and oxygen atoms in total. The molecule has 1 saturated carbocycles. The second-order valence-corrected chi connectivity index (χ2v) is 6.44. The van der Waals surface area contributed by atoms with E-state index in [1.54, 1.807) is 19.2 Å². The molecule has 138 valence electrons. The zero-order valence-corrected chi connectivity index (χ0v) is 15.0. The summed E-state index contributed by atoms with van der Waals surface area (Å²) < 4.78 is 4.95. The summed E-state index contributed by atoms with van der Waals surface area (Å²) in [4.78, 5) is 24.0. The maximum Gasteiger partial charge on any atom is 0.251 e. The van der Waals surface area contributed by atoms with E-state index in [4.69, 9.17) is 4.74 Å². The molecule has 1 aromatic rings. The number of hydrogen-bond donors (Lipinski definition) is 3. The van der Waals surface area contributed by atoms with Crippen molar-refractivity contribution in [2.75, 3.05) is 32.1 Å². The molecule has 0 aromatic heterocycles. The van der Waals surface area contributed by atoms with E-state index in [1.165, 1.54) is 19.3 Å². The Morgan fingerprint density at radius 1 is 1.12 bits per heavy atom. The van der Waals surface area contributed by atoms with Gasteiger partial charge in [-0.15, -0.1) is 0 Å². The molecule has 0 atom stereocenters. The molecule has 3 N–H and O–H groups in total. The van der Waals surface area contributed by atoms with Crippen LogP contribution < -0.4 is 16.0 Å². The maximum absolute atomic E-state index is 12.0. The molecular formula is C19H29N3O3. The van der Waals surface area contributed by atoms with Crippen LogP contribution in [0.5, 0.6) is 0 Å². The van der Waals surface area contributed by atoms with Crippen molar-refractivity contribution >= 4 is 17.5 Å². The Bertz CT molecular complexity index is 539. The van der Waals surface area contributed by atoms with Crippen molar-refractivity contribution < 1.29 is 14.3 Å². The SMILES string of the molecule is COCCCNC(=O)c1ccc(NCC(=O)NC2CCCCC2)cc1. The summed E-state index contributed by atoms with van der Waals surface area (Å²) in [6.45, 7) is 1.47. The quantitative estimate of drug-likeness (QED) is 0.599. The second kappa shape index (κ2) is 10.7. The van der Waals surface area contributed by atoms with Gasteiger partial charge in [0.05, 0.1) is 6.54 Å². The van der Waals surface area contributed by atoms with E-state index < -0.39 is 0 Å². The fraction of sp³-hybridized carbons (Fsp3) is 0.579. The van der Waals surface area contributed by atoms with Gasteiger partial charge in [0.25, 0.3) is 5.91 Å². The van der Waals surface area contributed by atoms with Crippen molar-refractivity contribution in [1.82, 2.24) is 10.6 Å². The summed E-state index contributed by atoms with van der Waals surface area (Å²) >= 11 is 0. The van der Waals surface area contributed by atoms with Crippen LogP contribution in [0.1, 0.15) is 48.9 Å². The molecule has 1 aliphatic rings. The van der Waals surface area contributed by atoms with Crippen LogP contribution in [-0.4, -0.2) is 44.7 Å². The molecule has 0 aliphatic heterocycles. The molecule has 0 heterocycles. The number of ether oxygens (including phenoxy) is 1. The average Bonchev–Trinajstić information content (AvgIpc) is 2.64. The Labute approximate surface area is 149 Å². The lowest BCUT2D eigenvalue weighted by molar-refractivity contribution is -0.120. The van der Waals surface area contributed by atoms with Crippen LogP contribution in [0, 0.1) is 0 Å². The molecular weight excluding hydrogens is 318 g/mol. The highest BCUT2D eigenvalue weighted by molar-refractivity contribution is 5.94. The predicted octanol–water partition coefficient (Wildman–Crippen LogP) is 2.31. The molecule has 0 saturated heterocycles. The Kier molecular flexibility index (Phi) is 8.25. The number of nitrogens with one attached hydrogen (secondary N) is 3. The van der Waals surface area contributed by atoms with E-state index in [0.29, 0.717) is 24.8 Å². The number of carbonyl (C=O) groups excluding carboxylic acids is 2. The highest BCUT2D eigenvalue weighted by Crippen LogP contribution is 2.17. The van der Waals surface area contributed by atoms with Gasteiger partial charge < -0.3 is 20.7 Å². The van der Waals surface area contributed by atoms with Gasteiger partial charge in [-0.2, -0.15) is 0 Å². The summed E-state index contributed by atoms with van der Waals surface area (Å²) in [5.74, 6) is -0.0791. The zero-order valence-electron chi connectivity index (χ0n) is 15.0. The minimum absolute atomic E-state index is 0.0202. The third-order valence-corrected chi connectivity index (χ3v) is 4.38. The van der Waals surface area contributed by atoms with Crippen molar-refractivity contribution in [2.24, 2.45) is 0 Å². The molecule has 25 heavy (non-hydrogen) atoms. The van der Waals surface area contributed by atoms with E-state index in [0.717, 1.165) is 24.9 Å². The van der Waals surface area contributed by atoms with Crippen molar-refractivity contribution in [1.29, 1.82) is 0 Å². The van der Waals surface area contributed by atoms with Crippen molar-refractivity contribution in [3.8, 4) is 0 Å². The standard InChI is InChI=1S/C19H29N3O3/c1-25-13-5-12-20-19(24)15-8-10-16(11-9-15)21-14-18(23)22-17-6-3-2-4-7-17/h8-11,17,21H,2-7,12-14H2,1H3,(H,20,24)(H,22,23). The number of carbonyl (C=O) groups is 2. The highest BCUT2D eigenvalue weighted by Gasteiger charge is 2.15. The average molecular weight is 347 g/mol. The topological polar surface area (TPSA) is 79.5 Å². The lowest BCUT2D eigenvalue weighted by atomic mass is 9.95. The Balaban J connectivity index is 1.70. The molecule has 1 aliphatic carbocycles. The van der Waals surface area contributed by atoms with Gasteiger partial charge in [-0.25, -0.2) is 0 Å². The first-order valence-corrected chi connectivity index (χ1v) is 9.09. The lowest BCUT2D eigenvalue weighted by Gasteiger charge is -2.22. The summed E-state index contributed by atoms with van der Waals surface area (Å²) in [7, 11) is 1.64. The Morgan fingerprint density at radius 2 is 1.84 bits per heavy atom. The number of rotatable bonds is 9. The molecule has 0 radical (unpaired) electrons. The van der Waals surface area contributed by atoms with Gasteiger partial charge in [0.15, 0.2) is 0 Å². The van der Waals surface area contributed by atoms with Gasteiger partial charge in [0.2, 0.25) is 5.91 Å². The Hall–Kier alpha value is -2.08. The first kappa shape index (κ1) is 19.2. The molecule has 2 amide bonds. The number of amides is 2. The van der Waals surface area contributed by atoms with Crippen molar-refractivity contribution in [3.63, 3.8) is 0 Å². The van der Waals surface area contributed by atoms with Gasteiger partial charge in [-0.1, -0.05) is 19.3 Å². The number of anilines is 1. The normalized spacial score (nSPS) is 14.8. The summed E-state index contributed by atoms with van der Waals surface area (Å²) in [5, 5.41) is 9.02. The summed E-state index contributed by atoms with van der Waals surface area (Å²) in [6.07, 6.45) is 6.63. The zero-order chi connectivity index (χ0) is 17.9. The molecule has 2 rings (SSSR count). The second-order valence-electron chi connectivity index (χ2n) is 6.44. The number of methoxy groups -OCH3 is 1. The molecule has 0 bridgehead atoms. The van der Waals surface area contributed by atoms with E-state index in [1.807, 2.05) is 12.1 Å². The van der Waals surface area contributed by atoms with Crippen LogP contribution in [0.15, 0.2) is 24.3 Å². The van der Waals surface area contributed by atoms with Crippen molar-refractivity contribution in [3.05, 3.63) is 29.8 Å². The third-order valence-electron chi connectivity index (χ3n) is 4.38. The first-order valence-electron chi connectivity index (χ1n) is 9.09. The van der Waals surface area contributed by atoms with Gasteiger partial charge in [0, 0.05) is 37.6 Å². The van der Waals surface area contributed by atoms with Crippen LogP contribution in [0.25, 0.3) is 0 Å². The van der Waals surface area contributed by atoms with Gasteiger partial charge in [0.1, 0.15) is 0 Å². The molecule has 1 aromatic carbocycles. The van der Waals surface area contributed by atoms with Crippen molar-refractivity contribution in [2.45, 2.75) is 44.6 Å². The van der Waals surface area contributed by atoms with Crippen LogP contribution in [-0.2, 0) is 9.53 Å². The van der Waals surface area contributed by atoms with Crippen LogP contribution >= 0.6 is 0 Å². The smallest absolute Gasteiger partial charge is 0.251 e. The number of benzene rings is 1. The van der Waals surface area contributed by atoms with Crippen LogP contribution in [0.4, 0.5) is 5.69 Å². The van der Waals surface area contributed by atoms with Gasteiger partial charge in [-0.05, 0) is 43.5 Å². The molecule has 0 unspecified atom stereocenters. The first-order chi connectivity index (χ1) is 12.2. The van der Waals surface area contributed by atoms with E-state index in [2.05, 4.69) is 16.0 Å². The van der Waals surface area contributed by atoms with Gasteiger partial charge in [-0.3, -0.25) is 9.59 Å². The third kappa shape index (κ3) is 7.13. The monoisotopic (exact) mass is 347 g/mol.